The van der Waals surface area contributed by atoms with Crippen molar-refractivity contribution in [3.05, 3.63) is 59.9 Å². The molecule has 1 aromatic heterocycles. The van der Waals surface area contributed by atoms with Gasteiger partial charge in [0.2, 0.25) is 0 Å². The van der Waals surface area contributed by atoms with Crippen molar-refractivity contribution < 1.29 is 23.0 Å². The molecule has 3 aromatic rings. The average molecular weight is 524 g/mol. The van der Waals surface area contributed by atoms with Crippen LogP contribution in [-0.2, 0) is 9.53 Å². The van der Waals surface area contributed by atoms with Gasteiger partial charge >= 0.3 is 0 Å². The van der Waals surface area contributed by atoms with E-state index in [1.807, 2.05) is 7.05 Å². The van der Waals surface area contributed by atoms with Gasteiger partial charge in [-0.2, -0.15) is 13.5 Å². The number of anilines is 3. The van der Waals surface area contributed by atoms with Crippen LogP contribution in [-0.4, -0.2) is 60.2 Å². The molecule has 2 heterocycles. The summed E-state index contributed by atoms with van der Waals surface area (Å²) >= 11 is 5.87. The Balaban J connectivity index is 0.00000342. The number of carbonyl (C=O) groups is 1. The molecule has 8 nitrogen and oxygen atoms in total. The Morgan fingerprint density at radius 3 is 2.86 bits per heavy atom. The number of amides is 1. The van der Waals surface area contributed by atoms with Crippen LogP contribution in [0.2, 0.25) is 5.02 Å². The molecule has 0 saturated carbocycles. The Morgan fingerprint density at radius 2 is 2.14 bits per heavy atom. The lowest BCUT2D eigenvalue weighted by Crippen LogP contribution is -2.46. The van der Waals surface area contributed by atoms with E-state index in [0.717, 1.165) is 6.54 Å². The van der Waals surface area contributed by atoms with E-state index in [0.29, 0.717) is 41.4 Å². The van der Waals surface area contributed by atoms with Crippen LogP contribution in [0, 0.1) is 5.82 Å². The number of aromatic nitrogens is 2. The van der Waals surface area contributed by atoms with E-state index >= 15 is 0 Å². The largest absolute Gasteiger partial charge is 0.490 e. The number of carbonyl (C=O) groups excluding carboxylic acids is 1. The van der Waals surface area contributed by atoms with Gasteiger partial charge in [0.1, 0.15) is 30.3 Å². The zero-order valence-corrected chi connectivity index (χ0v) is 20.5. The summed E-state index contributed by atoms with van der Waals surface area (Å²) in [6, 6.07) is 7.35. The monoisotopic (exact) mass is 523 g/mol. The van der Waals surface area contributed by atoms with Crippen LogP contribution in [0.1, 0.15) is 0 Å². The summed E-state index contributed by atoms with van der Waals surface area (Å²) in [5.74, 6) is -2.02. The number of hydrogen-bond acceptors (Lipinski definition) is 7. The van der Waals surface area contributed by atoms with Crippen LogP contribution in [0.3, 0.4) is 0 Å². The van der Waals surface area contributed by atoms with E-state index < -0.39 is 17.6 Å². The maximum absolute atomic E-state index is 13.5. The highest BCUT2D eigenvalue weighted by atomic mass is 35.5. The molecule has 0 bridgehead atoms. The van der Waals surface area contributed by atoms with Crippen LogP contribution in [0.15, 0.2) is 49.1 Å². The molecule has 1 fully saturated rings. The third kappa shape index (κ3) is 6.37. The molecule has 2 aromatic carbocycles. The number of nitrogens with zero attached hydrogens (tertiary/aromatic N) is 3. The highest BCUT2D eigenvalue weighted by Gasteiger charge is 2.22. The first kappa shape index (κ1) is 26.6. The number of morpholine rings is 1. The Hall–Kier alpha value is -2.99. The lowest BCUT2D eigenvalue weighted by molar-refractivity contribution is -0.114. The number of fused-ring (bicyclic) bond motifs is 1. The highest BCUT2D eigenvalue weighted by Crippen LogP contribution is 2.34. The van der Waals surface area contributed by atoms with Crippen molar-refractivity contribution in [3.63, 3.8) is 0 Å². The molecule has 1 saturated heterocycles. The molecule has 4 rings (SSSR count). The van der Waals surface area contributed by atoms with Gasteiger partial charge in [0, 0.05) is 23.7 Å². The Labute approximate surface area is 212 Å². The number of rotatable bonds is 7. The Bertz CT molecular complexity index is 1250. The van der Waals surface area contributed by atoms with E-state index in [1.54, 1.807) is 12.1 Å². The third-order valence-corrected chi connectivity index (χ3v) is 5.66. The standard InChI is InChI=1S/C23H22ClF2N5O3.H2S/c1-13(25)23(32)30-20-8-16-19(9-21(20)34-11-15-10-33-6-5-31(15)2)27-12-28-22(16)29-14-3-4-18(26)17(24)7-14;/h3-4,7-9,12,15H,1,5-6,10-11H2,2H3,(H,30,32)(H,27,28,29);1H2/t15-;/m0./s1. The summed E-state index contributed by atoms with van der Waals surface area (Å²) in [6.45, 7) is 5.24. The predicted molar refractivity (Wildman–Crippen MR) is 136 cm³/mol. The molecule has 1 amide bonds. The fraction of sp³-hybridized carbons (Fsp3) is 0.261. The van der Waals surface area contributed by atoms with Crippen molar-refractivity contribution in [2.24, 2.45) is 0 Å². The molecule has 35 heavy (non-hydrogen) atoms. The predicted octanol–water partition coefficient (Wildman–Crippen LogP) is 4.41. The summed E-state index contributed by atoms with van der Waals surface area (Å²) in [6.07, 6.45) is 1.35. The molecule has 0 spiro atoms. The molecule has 12 heteroatoms. The maximum atomic E-state index is 13.5. The first-order valence-electron chi connectivity index (χ1n) is 10.4. The average Bonchev–Trinajstić information content (AvgIpc) is 2.81. The molecular weight excluding hydrogens is 500 g/mol. The van der Waals surface area contributed by atoms with Crippen molar-refractivity contribution in [2.75, 3.05) is 44.0 Å². The van der Waals surface area contributed by atoms with Crippen LogP contribution < -0.4 is 15.4 Å². The SMILES string of the molecule is C=C(F)C(=O)Nc1cc2c(Nc3ccc(F)c(Cl)c3)ncnc2cc1OC[C@@H]1COCCN1C.S. The van der Waals surface area contributed by atoms with Gasteiger partial charge < -0.3 is 20.1 Å². The van der Waals surface area contributed by atoms with Gasteiger partial charge in [-0.1, -0.05) is 18.2 Å². The summed E-state index contributed by atoms with van der Waals surface area (Å²) in [5, 5.41) is 5.98. The molecule has 1 atom stereocenters. The summed E-state index contributed by atoms with van der Waals surface area (Å²) in [4.78, 5) is 22.7. The van der Waals surface area contributed by atoms with E-state index in [2.05, 4.69) is 32.1 Å². The van der Waals surface area contributed by atoms with E-state index in [-0.39, 0.29) is 36.9 Å². The summed E-state index contributed by atoms with van der Waals surface area (Å²) in [5.41, 5.74) is 1.21. The minimum Gasteiger partial charge on any atom is -0.490 e. The van der Waals surface area contributed by atoms with Crippen molar-refractivity contribution in [2.45, 2.75) is 6.04 Å². The van der Waals surface area contributed by atoms with Crippen molar-refractivity contribution in [3.8, 4) is 5.75 Å². The number of benzene rings is 2. The van der Waals surface area contributed by atoms with Crippen molar-refractivity contribution in [1.29, 1.82) is 0 Å². The molecule has 0 unspecified atom stereocenters. The van der Waals surface area contributed by atoms with Crippen molar-refractivity contribution >= 4 is 59.1 Å². The molecule has 1 aliphatic rings. The number of ether oxygens (including phenoxy) is 2. The molecule has 0 radical (unpaired) electrons. The van der Waals surface area contributed by atoms with Crippen LogP contribution >= 0.6 is 25.1 Å². The van der Waals surface area contributed by atoms with Gasteiger partial charge in [0.05, 0.1) is 35.5 Å². The first-order valence-corrected chi connectivity index (χ1v) is 10.8. The van der Waals surface area contributed by atoms with E-state index in [4.69, 9.17) is 21.1 Å². The molecule has 0 aliphatic carbocycles. The van der Waals surface area contributed by atoms with Crippen molar-refractivity contribution in [1.82, 2.24) is 14.9 Å². The fourth-order valence-electron chi connectivity index (χ4n) is 3.40. The fourth-order valence-corrected chi connectivity index (χ4v) is 3.58. The number of hydrogen-bond donors (Lipinski definition) is 2. The summed E-state index contributed by atoms with van der Waals surface area (Å²) in [7, 11) is 1.97. The number of halogens is 3. The van der Waals surface area contributed by atoms with E-state index in [1.165, 1.54) is 24.5 Å². The molecule has 1 aliphatic heterocycles. The van der Waals surface area contributed by atoms with Gasteiger partial charge in [-0.25, -0.2) is 18.7 Å². The minimum absolute atomic E-state index is 0. The smallest absolute Gasteiger partial charge is 0.283 e. The molecular formula is C23H24ClF2N5O3S. The quantitative estimate of drug-likeness (QED) is 0.443. The van der Waals surface area contributed by atoms with Gasteiger partial charge in [-0.15, -0.1) is 0 Å². The van der Waals surface area contributed by atoms with Crippen LogP contribution in [0.5, 0.6) is 5.75 Å². The second-order valence-electron chi connectivity index (χ2n) is 7.72. The maximum Gasteiger partial charge on any atom is 0.283 e. The normalized spacial score (nSPS) is 15.8. The van der Waals surface area contributed by atoms with Crippen LogP contribution in [0.25, 0.3) is 10.9 Å². The Morgan fingerprint density at radius 1 is 1.34 bits per heavy atom. The lowest BCUT2D eigenvalue weighted by atomic mass is 10.1. The first-order chi connectivity index (χ1) is 16.3. The number of likely N-dealkylation sites (N-methyl/N-ethyl adjacent to an activating group) is 1. The number of nitrogens with one attached hydrogen (secondary N) is 2. The van der Waals surface area contributed by atoms with Gasteiger partial charge in [0.25, 0.3) is 5.91 Å². The molecule has 186 valence electrons. The minimum atomic E-state index is -1.14. The van der Waals surface area contributed by atoms with Gasteiger partial charge in [-0.05, 0) is 31.3 Å². The van der Waals surface area contributed by atoms with Crippen LogP contribution in [0.4, 0.5) is 26.0 Å². The topological polar surface area (TPSA) is 88.6 Å². The van der Waals surface area contributed by atoms with Gasteiger partial charge in [-0.3, -0.25) is 9.69 Å². The molecule has 2 N–H and O–H groups in total. The highest BCUT2D eigenvalue weighted by molar-refractivity contribution is 7.59. The third-order valence-electron chi connectivity index (χ3n) is 5.37. The zero-order valence-electron chi connectivity index (χ0n) is 18.8. The lowest BCUT2D eigenvalue weighted by Gasteiger charge is -2.32. The Kier molecular flexibility index (Phi) is 8.84. The van der Waals surface area contributed by atoms with E-state index in [9.17, 15) is 13.6 Å². The second kappa shape index (κ2) is 11.6. The zero-order chi connectivity index (χ0) is 24.2. The second-order valence-corrected chi connectivity index (χ2v) is 8.13. The van der Waals surface area contributed by atoms with Gasteiger partial charge in [0.15, 0.2) is 5.83 Å². The summed E-state index contributed by atoms with van der Waals surface area (Å²) < 4.78 is 38.5.